The number of hydrogen-bond donors (Lipinski definition) is 1. The normalized spacial score (nSPS) is 10.2. The van der Waals surface area contributed by atoms with E-state index in [9.17, 15) is 5.11 Å². The molecule has 0 aliphatic heterocycles. The second-order valence-electron chi connectivity index (χ2n) is 3.89. The fourth-order valence-electron chi connectivity index (χ4n) is 1.98. The molecule has 3 nitrogen and oxygen atoms in total. The van der Waals surface area contributed by atoms with Crippen LogP contribution in [0.4, 0.5) is 0 Å². The Morgan fingerprint density at radius 3 is 2.28 bits per heavy atom. The third-order valence-electron chi connectivity index (χ3n) is 2.85. The first-order valence-corrected chi connectivity index (χ1v) is 5.71. The predicted molar refractivity (Wildman–Crippen MR) is 70.9 cm³/mol. The number of benzene rings is 2. The lowest BCUT2D eigenvalue weighted by Gasteiger charge is -2.15. The maximum atomic E-state index is 9.51. The van der Waals surface area contributed by atoms with Gasteiger partial charge in [0.25, 0.3) is 0 Å². The molecule has 3 heteroatoms. The smallest absolute Gasteiger partial charge is 0.130 e. The lowest BCUT2D eigenvalue weighted by atomic mass is 9.98. The van der Waals surface area contributed by atoms with Gasteiger partial charge in [-0.25, -0.2) is 0 Å². The predicted octanol–water partition coefficient (Wildman–Crippen LogP) is 2.86. The molecular weight excluding hydrogens is 228 g/mol. The number of ether oxygens (including phenoxy) is 2. The Morgan fingerprint density at radius 1 is 1.00 bits per heavy atom. The number of aliphatic hydroxyl groups is 1. The van der Waals surface area contributed by atoms with E-state index in [0.717, 1.165) is 16.7 Å². The van der Waals surface area contributed by atoms with Gasteiger partial charge in [0.1, 0.15) is 11.5 Å². The molecule has 0 atom stereocenters. The van der Waals surface area contributed by atoms with Crippen LogP contribution in [0.2, 0.25) is 0 Å². The lowest BCUT2D eigenvalue weighted by molar-refractivity contribution is 0.280. The molecule has 0 heterocycles. The summed E-state index contributed by atoms with van der Waals surface area (Å²) in [6.45, 7) is -0.0578. The van der Waals surface area contributed by atoms with Crippen LogP contribution in [0, 0.1) is 0 Å². The first kappa shape index (κ1) is 12.5. The van der Waals surface area contributed by atoms with Crippen molar-refractivity contribution in [2.45, 2.75) is 6.61 Å². The van der Waals surface area contributed by atoms with Crippen LogP contribution in [0.15, 0.2) is 42.5 Å². The van der Waals surface area contributed by atoms with Gasteiger partial charge < -0.3 is 14.6 Å². The average Bonchev–Trinajstić information content (AvgIpc) is 2.46. The van der Waals surface area contributed by atoms with E-state index in [4.69, 9.17) is 9.47 Å². The van der Waals surface area contributed by atoms with Crippen molar-refractivity contribution in [1.82, 2.24) is 0 Å². The van der Waals surface area contributed by atoms with E-state index in [2.05, 4.69) is 0 Å². The average molecular weight is 244 g/mol. The van der Waals surface area contributed by atoms with Crippen molar-refractivity contribution in [3.8, 4) is 22.6 Å². The number of hydrogen-bond acceptors (Lipinski definition) is 3. The Bertz CT molecular complexity index is 496. The van der Waals surface area contributed by atoms with Gasteiger partial charge in [0, 0.05) is 11.6 Å². The largest absolute Gasteiger partial charge is 0.497 e. The minimum absolute atomic E-state index is 0.0578. The Hall–Kier alpha value is -2.00. The molecule has 2 aromatic rings. The lowest BCUT2D eigenvalue weighted by Crippen LogP contribution is -1.96. The summed E-state index contributed by atoms with van der Waals surface area (Å²) < 4.78 is 10.6. The zero-order valence-electron chi connectivity index (χ0n) is 10.5. The van der Waals surface area contributed by atoms with Crippen molar-refractivity contribution in [1.29, 1.82) is 0 Å². The van der Waals surface area contributed by atoms with Crippen LogP contribution >= 0.6 is 0 Å². The molecule has 0 aliphatic carbocycles. The van der Waals surface area contributed by atoms with E-state index >= 15 is 0 Å². The summed E-state index contributed by atoms with van der Waals surface area (Å²) in [5.74, 6) is 1.38. The Kier molecular flexibility index (Phi) is 3.85. The van der Waals surface area contributed by atoms with Crippen LogP contribution in [-0.2, 0) is 6.61 Å². The quantitative estimate of drug-likeness (QED) is 0.898. The highest BCUT2D eigenvalue weighted by Gasteiger charge is 2.13. The second kappa shape index (κ2) is 5.56. The van der Waals surface area contributed by atoms with E-state index in [1.165, 1.54) is 0 Å². The van der Waals surface area contributed by atoms with E-state index < -0.39 is 0 Å². The minimum Gasteiger partial charge on any atom is -0.497 e. The van der Waals surface area contributed by atoms with Crippen LogP contribution in [0.3, 0.4) is 0 Å². The number of aliphatic hydroxyl groups excluding tert-OH is 1. The maximum Gasteiger partial charge on any atom is 0.130 e. The molecule has 18 heavy (non-hydrogen) atoms. The summed E-state index contributed by atoms with van der Waals surface area (Å²) in [4.78, 5) is 0. The molecule has 94 valence electrons. The molecule has 0 saturated carbocycles. The number of methoxy groups -OCH3 is 2. The molecule has 0 spiro atoms. The zero-order valence-corrected chi connectivity index (χ0v) is 10.5. The molecular formula is C15H16O3. The van der Waals surface area contributed by atoms with Crippen molar-refractivity contribution in [2.75, 3.05) is 14.2 Å². The standard InChI is InChI=1S/C15H16O3/c1-17-13-8-12(10-16)15(14(9-13)18-2)11-6-4-3-5-7-11/h3-9,16H,10H2,1-2H3. The number of rotatable bonds is 4. The molecule has 0 saturated heterocycles. The first-order valence-electron chi connectivity index (χ1n) is 5.71. The third kappa shape index (κ3) is 2.31. The summed E-state index contributed by atoms with van der Waals surface area (Å²) in [6.07, 6.45) is 0. The van der Waals surface area contributed by atoms with Gasteiger partial charge in [-0.3, -0.25) is 0 Å². The van der Waals surface area contributed by atoms with Gasteiger partial charge >= 0.3 is 0 Å². The summed E-state index contributed by atoms with van der Waals surface area (Å²) >= 11 is 0. The Labute approximate surface area is 107 Å². The molecule has 0 unspecified atom stereocenters. The zero-order chi connectivity index (χ0) is 13.0. The van der Waals surface area contributed by atoms with E-state index in [1.807, 2.05) is 42.5 Å². The van der Waals surface area contributed by atoms with Crippen LogP contribution in [0.1, 0.15) is 5.56 Å². The van der Waals surface area contributed by atoms with Gasteiger partial charge in [0.15, 0.2) is 0 Å². The molecule has 0 aliphatic rings. The summed E-state index contributed by atoms with van der Waals surface area (Å²) in [6, 6.07) is 13.5. The molecule has 0 radical (unpaired) electrons. The second-order valence-corrected chi connectivity index (χ2v) is 3.89. The van der Waals surface area contributed by atoms with Crippen LogP contribution in [0.5, 0.6) is 11.5 Å². The third-order valence-corrected chi connectivity index (χ3v) is 2.85. The molecule has 0 aromatic heterocycles. The molecule has 0 amide bonds. The summed E-state index contributed by atoms with van der Waals surface area (Å²) in [5.41, 5.74) is 2.71. The monoisotopic (exact) mass is 244 g/mol. The topological polar surface area (TPSA) is 38.7 Å². The fourth-order valence-corrected chi connectivity index (χ4v) is 1.98. The molecule has 2 rings (SSSR count). The maximum absolute atomic E-state index is 9.51. The first-order chi connectivity index (χ1) is 8.80. The van der Waals surface area contributed by atoms with Crippen molar-refractivity contribution in [2.24, 2.45) is 0 Å². The van der Waals surface area contributed by atoms with E-state index in [-0.39, 0.29) is 6.61 Å². The highest BCUT2D eigenvalue weighted by Crippen LogP contribution is 2.36. The Balaban J connectivity index is 2.64. The van der Waals surface area contributed by atoms with Crippen LogP contribution < -0.4 is 9.47 Å². The van der Waals surface area contributed by atoms with Crippen molar-refractivity contribution in [3.05, 3.63) is 48.0 Å². The minimum atomic E-state index is -0.0578. The van der Waals surface area contributed by atoms with Crippen molar-refractivity contribution in [3.63, 3.8) is 0 Å². The Morgan fingerprint density at radius 2 is 1.72 bits per heavy atom. The van der Waals surface area contributed by atoms with E-state index in [1.54, 1.807) is 14.2 Å². The van der Waals surface area contributed by atoms with Crippen molar-refractivity contribution >= 4 is 0 Å². The molecule has 1 N–H and O–H groups in total. The van der Waals surface area contributed by atoms with Crippen LogP contribution in [-0.4, -0.2) is 19.3 Å². The summed E-state index contributed by atoms with van der Waals surface area (Å²) in [7, 11) is 3.21. The molecule has 2 aromatic carbocycles. The van der Waals surface area contributed by atoms with Gasteiger partial charge in [-0.15, -0.1) is 0 Å². The fraction of sp³-hybridized carbons (Fsp3) is 0.200. The molecule has 0 bridgehead atoms. The van der Waals surface area contributed by atoms with Gasteiger partial charge in [-0.2, -0.15) is 0 Å². The van der Waals surface area contributed by atoms with Gasteiger partial charge in [0.2, 0.25) is 0 Å². The van der Waals surface area contributed by atoms with Crippen molar-refractivity contribution < 1.29 is 14.6 Å². The van der Waals surface area contributed by atoms with Gasteiger partial charge in [-0.05, 0) is 17.2 Å². The summed E-state index contributed by atoms with van der Waals surface area (Å²) in [5, 5.41) is 9.51. The van der Waals surface area contributed by atoms with Crippen LogP contribution in [0.25, 0.3) is 11.1 Å². The van der Waals surface area contributed by atoms with Gasteiger partial charge in [0.05, 0.1) is 20.8 Å². The highest BCUT2D eigenvalue weighted by molar-refractivity contribution is 5.75. The highest BCUT2D eigenvalue weighted by atomic mass is 16.5. The SMILES string of the molecule is COc1cc(CO)c(-c2ccccc2)c(OC)c1. The molecule has 0 fully saturated rings. The van der Waals surface area contributed by atoms with E-state index in [0.29, 0.717) is 11.5 Å². The van der Waals surface area contributed by atoms with Gasteiger partial charge in [-0.1, -0.05) is 30.3 Å².